The van der Waals surface area contributed by atoms with E-state index >= 15 is 0 Å². The molecule has 6 rings (SSSR count). The van der Waals surface area contributed by atoms with Crippen molar-refractivity contribution in [1.82, 2.24) is 24.8 Å². The van der Waals surface area contributed by atoms with Crippen molar-refractivity contribution in [1.29, 1.82) is 0 Å². The molecular formula is C29H35N5O5S. The van der Waals surface area contributed by atoms with E-state index in [0.29, 0.717) is 13.2 Å². The topological polar surface area (TPSA) is 118 Å². The van der Waals surface area contributed by atoms with E-state index in [-0.39, 0.29) is 42.2 Å². The highest BCUT2D eigenvalue weighted by Crippen LogP contribution is 2.61. The first-order chi connectivity index (χ1) is 19.4. The van der Waals surface area contributed by atoms with Gasteiger partial charge in [-0.05, 0) is 30.9 Å². The normalized spacial score (nSPS) is 32.4. The molecular weight excluding hydrogens is 530 g/mol. The van der Waals surface area contributed by atoms with Crippen LogP contribution in [-0.4, -0.2) is 89.5 Å². The molecule has 2 saturated heterocycles. The van der Waals surface area contributed by atoms with E-state index in [1.807, 2.05) is 56.3 Å². The van der Waals surface area contributed by atoms with Crippen molar-refractivity contribution in [3.8, 4) is 0 Å². The number of benzene rings is 1. The van der Waals surface area contributed by atoms with Gasteiger partial charge in [-0.2, -0.15) is 0 Å². The predicted octanol–water partition coefficient (Wildman–Crippen LogP) is 2.38. The van der Waals surface area contributed by atoms with Crippen molar-refractivity contribution < 1.29 is 24.2 Å². The maximum absolute atomic E-state index is 14.6. The van der Waals surface area contributed by atoms with E-state index in [4.69, 9.17) is 4.74 Å². The molecule has 10 nitrogen and oxygen atoms in total. The van der Waals surface area contributed by atoms with Crippen LogP contribution >= 0.6 is 11.8 Å². The summed E-state index contributed by atoms with van der Waals surface area (Å²) < 4.78 is 6.36. The minimum absolute atomic E-state index is 0.0502. The average Bonchev–Trinajstić information content (AvgIpc) is 3.56. The minimum atomic E-state index is -0.966. The van der Waals surface area contributed by atoms with Gasteiger partial charge in [-0.3, -0.25) is 14.4 Å². The quantitative estimate of drug-likeness (QED) is 0.419. The smallest absolute Gasteiger partial charge is 0.311 e. The third kappa shape index (κ3) is 4.16. The van der Waals surface area contributed by atoms with Crippen LogP contribution in [0.15, 0.2) is 48.6 Å². The van der Waals surface area contributed by atoms with Crippen molar-refractivity contribution in [2.24, 2.45) is 17.8 Å². The number of esters is 1. The number of para-hydroxylation sites is 1. The number of rotatable bonds is 6. The molecule has 2 amide bonds. The molecule has 212 valence electrons. The van der Waals surface area contributed by atoms with Crippen LogP contribution in [0.5, 0.6) is 0 Å². The first-order valence-electron chi connectivity index (χ1n) is 14.1. The Morgan fingerprint density at radius 1 is 1.20 bits per heavy atom. The molecule has 0 aliphatic carbocycles. The fraction of sp³-hybridized carbons (Fsp3) is 0.552. The van der Waals surface area contributed by atoms with Crippen LogP contribution in [0.25, 0.3) is 11.0 Å². The highest BCUT2D eigenvalue weighted by molar-refractivity contribution is 8.02. The van der Waals surface area contributed by atoms with Gasteiger partial charge in [-0.15, -0.1) is 16.9 Å². The molecule has 0 radical (unpaired) electrons. The Labute approximate surface area is 237 Å². The van der Waals surface area contributed by atoms with Crippen LogP contribution in [0, 0.1) is 17.8 Å². The van der Waals surface area contributed by atoms with Crippen LogP contribution in [0.1, 0.15) is 33.1 Å². The number of thioether (sulfide) groups is 1. The number of aromatic nitrogens is 3. The molecule has 2 aromatic rings. The molecule has 0 bridgehead atoms. The number of hydrogen-bond donors (Lipinski definition) is 1. The summed E-state index contributed by atoms with van der Waals surface area (Å²) in [4.78, 5) is 45.8. The van der Waals surface area contributed by atoms with Crippen LogP contribution in [-0.2, 0) is 25.8 Å². The van der Waals surface area contributed by atoms with Crippen molar-refractivity contribution in [2.45, 2.75) is 61.9 Å². The molecule has 4 aliphatic rings. The lowest BCUT2D eigenvalue weighted by Crippen LogP contribution is -2.58. The van der Waals surface area contributed by atoms with Gasteiger partial charge in [0.1, 0.15) is 18.2 Å². The van der Waals surface area contributed by atoms with E-state index in [9.17, 15) is 19.5 Å². The maximum Gasteiger partial charge on any atom is 0.311 e. The number of aliphatic hydroxyl groups is 1. The SMILES string of the molecule is CC[C@H](C)[C@H](CO)N1C(=O)[C@@H]2[C@H]3C(=O)OCCC/C=C\[C@H]3S[C@@]23C=CCN(Cn2nnc4ccccc42)C(=O)C13. The summed E-state index contributed by atoms with van der Waals surface area (Å²) >= 11 is 1.52. The van der Waals surface area contributed by atoms with E-state index in [0.717, 1.165) is 30.3 Å². The number of allylic oxidation sites excluding steroid dienone is 1. The second kappa shape index (κ2) is 10.7. The highest BCUT2D eigenvalue weighted by atomic mass is 32.2. The first-order valence-corrected chi connectivity index (χ1v) is 15.0. The number of aliphatic hydroxyl groups excluding tert-OH is 1. The first kappa shape index (κ1) is 27.0. The summed E-state index contributed by atoms with van der Waals surface area (Å²) in [6.45, 7) is 4.51. The molecule has 1 spiro atoms. The zero-order valence-electron chi connectivity index (χ0n) is 22.8. The Morgan fingerprint density at radius 2 is 2.02 bits per heavy atom. The predicted molar refractivity (Wildman–Crippen MR) is 150 cm³/mol. The Kier molecular flexibility index (Phi) is 7.20. The molecule has 11 heteroatoms. The maximum atomic E-state index is 14.6. The van der Waals surface area contributed by atoms with Crippen LogP contribution in [0.2, 0.25) is 0 Å². The van der Waals surface area contributed by atoms with Gasteiger partial charge in [-0.1, -0.05) is 61.9 Å². The standard InChI is InChI=1S/C29H35N5O5S/c1-3-18(2)21(16-35)34-25-27(37)32(17-33-20-11-7-6-10-19(20)30-31-33)14-9-13-29(25)24(26(34)36)23-22(40-29)12-5-4-8-15-39-28(23)38/h5-7,9-13,18,21-25,35H,3-4,8,14-17H2,1-2H3/b12-5-/t18-,21-,22+,23-,24-,25?,29-/m0/s1. The van der Waals surface area contributed by atoms with E-state index in [1.54, 1.807) is 14.5 Å². The van der Waals surface area contributed by atoms with Gasteiger partial charge < -0.3 is 19.6 Å². The number of likely N-dealkylation sites (tertiary alicyclic amines) is 1. The molecule has 4 aliphatic heterocycles. The highest BCUT2D eigenvalue weighted by Gasteiger charge is 2.71. The van der Waals surface area contributed by atoms with E-state index in [2.05, 4.69) is 16.4 Å². The van der Waals surface area contributed by atoms with E-state index < -0.39 is 28.7 Å². The Hall–Kier alpha value is -3.18. The number of amides is 2. The molecule has 2 fully saturated rings. The van der Waals surface area contributed by atoms with Crippen molar-refractivity contribution >= 4 is 40.6 Å². The third-order valence-corrected chi connectivity index (χ3v) is 10.7. The monoisotopic (exact) mass is 565 g/mol. The fourth-order valence-corrected chi connectivity index (χ4v) is 8.71. The minimum Gasteiger partial charge on any atom is -0.465 e. The Balaban J connectivity index is 1.44. The van der Waals surface area contributed by atoms with Crippen LogP contribution < -0.4 is 0 Å². The summed E-state index contributed by atoms with van der Waals surface area (Å²) in [6, 6.07) is 6.13. The number of fused-ring (bicyclic) bond motifs is 3. The molecule has 0 saturated carbocycles. The van der Waals surface area contributed by atoms with Gasteiger partial charge in [0.15, 0.2) is 0 Å². The number of hydrogen-bond acceptors (Lipinski definition) is 8. The van der Waals surface area contributed by atoms with Gasteiger partial charge in [0.2, 0.25) is 11.8 Å². The largest absolute Gasteiger partial charge is 0.465 e. The third-order valence-electron chi connectivity index (χ3n) is 8.94. The molecule has 7 atom stereocenters. The molecule has 5 heterocycles. The average molecular weight is 566 g/mol. The zero-order chi connectivity index (χ0) is 28.0. The summed E-state index contributed by atoms with van der Waals surface area (Å²) in [5, 5.41) is 18.8. The lowest BCUT2D eigenvalue weighted by atomic mass is 9.78. The molecule has 1 aromatic carbocycles. The number of carbonyl (C=O) groups is 3. The Bertz CT molecular complexity index is 1380. The summed E-state index contributed by atoms with van der Waals surface area (Å²) in [6.07, 6.45) is 10.2. The number of cyclic esters (lactones) is 1. The second-order valence-corrected chi connectivity index (χ2v) is 12.6. The van der Waals surface area contributed by atoms with E-state index in [1.165, 1.54) is 11.8 Å². The molecule has 1 N–H and O–H groups in total. The van der Waals surface area contributed by atoms with Crippen LogP contribution in [0.4, 0.5) is 0 Å². The fourth-order valence-electron chi connectivity index (χ4n) is 6.72. The van der Waals surface area contributed by atoms with Gasteiger partial charge in [0.25, 0.3) is 0 Å². The van der Waals surface area contributed by atoms with Crippen molar-refractivity contribution in [3.63, 3.8) is 0 Å². The lowest BCUT2D eigenvalue weighted by molar-refractivity contribution is -0.154. The van der Waals surface area contributed by atoms with Crippen LogP contribution in [0.3, 0.4) is 0 Å². The molecule has 40 heavy (non-hydrogen) atoms. The molecule has 1 unspecified atom stereocenters. The zero-order valence-corrected chi connectivity index (χ0v) is 23.6. The molecule has 1 aromatic heterocycles. The second-order valence-electron chi connectivity index (χ2n) is 11.1. The van der Waals surface area contributed by atoms with Crippen molar-refractivity contribution in [3.05, 3.63) is 48.6 Å². The van der Waals surface area contributed by atoms with Gasteiger partial charge in [0.05, 0.1) is 41.4 Å². The number of ether oxygens (including phenoxy) is 1. The summed E-state index contributed by atoms with van der Waals surface area (Å²) in [5.41, 5.74) is 1.54. The number of carbonyl (C=O) groups excluding carboxylic acids is 3. The number of nitrogens with zero attached hydrogens (tertiary/aromatic N) is 5. The summed E-state index contributed by atoms with van der Waals surface area (Å²) in [5.74, 6) is -2.41. The van der Waals surface area contributed by atoms with Gasteiger partial charge in [0, 0.05) is 11.8 Å². The summed E-state index contributed by atoms with van der Waals surface area (Å²) in [7, 11) is 0. The lowest BCUT2D eigenvalue weighted by Gasteiger charge is -2.40. The van der Waals surface area contributed by atoms with Gasteiger partial charge in [-0.25, -0.2) is 4.68 Å². The Morgan fingerprint density at radius 3 is 2.83 bits per heavy atom. The van der Waals surface area contributed by atoms with Gasteiger partial charge >= 0.3 is 5.97 Å². The van der Waals surface area contributed by atoms with Crippen molar-refractivity contribution in [2.75, 3.05) is 19.8 Å².